The first-order valence-corrected chi connectivity index (χ1v) is 16.7. The van der Waals surface area contributed by atoms with Crippen molar-refractivity contribution in [3.63, 3.8) is 0 Å². The van der Waals surface area contributed by atoms with Crippen molar-refractivity contribution in [2.24, 2.45) is 5.92 Å². The fraction of sp³-hybridized carbons (Fsp3) is 0.700. The second-order valence-electron chi connectivity index (χ2n) is 10.4. The van der Waals surface area contributed by atoms with E-state index < -0.39 is 26.7 Å². The van der Waals surface area contributed by atoms with Crippen LogP contribution in [-0.2, 0) is 27.7 Å². The van der Waals surface area contributed by atoms with E-state index in [-0.39, 0.29) is 25.3 Å². The Morgan fingerprint density at radius 2 is 1.24 bits per heavy atom. The van der Waals surface area contributed by atoms with Crippen molar-refractivity contribution in [1.82, 2.24) is 0 Å². The molecule has 0 aliphatic heterocycles. The first-order valence-electron chi connectivity index (χ1n) is 14.7. The molecule has 0 saturated heterocycles. The molecule has 38 heavy (non-hydrogen) atoms. The number of hydrogen-bond donors (Lipinski definition) is 0. The fourth-order valence-corrected chi connectivity index (χ4v) is 7.36. The molecule has 1 aliphatic carbocycles. The molecule has 0 amide bonds. The van der Waals surface area contributed by atoms with Crippen LogP contribution in [0, 0.1) is 5.92 Å². The van der Waals surface area contributed by atoms with Gasteiger partial charge in [0.25, 0.3) is 17.9 Å². The maximum Gasteiger partial charge on any atom is 0.705 e. The second-order valence-corrected chi connectivity index (χ2v) is 12.9. The molecule has 2 rings (SSSR count). The van der Waals surface area contributed by atoms with Gasteiger partial charge in [-0.25, -0.2) is 0 Å². The quantitative estimate of drug-likeness (QED) is 0.147. The molecule has 0 bridgehead atoms. The predicted molar refractivity (Wildman–Crippen MR) is 150 cm³/mol. The van der Waals surface area contributed by atoms with Crippen LogP contribution in [-0.4, -0.2) is 33.3 Å². The van der Waals surface area contributed by atoms with Crippen molar-refractivity contribution in [3.8, 4) is 5.75 Å². The van der Waals surface area contributed by atoms with Gasteiger partial charge in [0.05, 0.1) is 12.7 Å². The topological polar surface area (TPSA) is 88.1 Å². The van der Waals surface area contributed by atoms with E-state index in [9.17, 15) is 14.4 Å². The van der Waals surface area contributed by atoms with E-state index >= 15 is 0 Å². The third kappa shape index (κ3) is 11.2. The SMILES string of the molecule is CCCC(=O)O[Si](CCCOc1ccc([C@H]2CC[C@H](CCC)CC2)cc1)(OC(=O)CCC)OC(=O)CCC. The summed E-state index contributed by atoms with van der Waals surface area (Å²) in [6.45, 7) is 8.15. The summed E-state index contributed by atoms with van der Waals surface area (Å²) in [5.74, 6) is 0.707. The smallest absolute Gasteiger partial charge is 0.494 e. The Bertz CT molecular complexity index is 796. The van der Waals surface area contributed by atoms with Gasteiger partial charge < -0.3 is 18.0 Å². The van der Waals surface area contributed by atoms with Gasteiger partial charge in [0.15, 0.2) is 0 Å². The molecule has 1 saturated carbocycles. The summed E-state index contributed by atoms with van der Waals surface area (Å²) in [7, 11) is -3.91. The van der Waals surface area contributed by atoms with Gasteiger partial charge in [-0.15, -0.1) is 0 Å². The third-order valence-electron chi connectivity index (χ3n) is 6.96. The van der Waals surface area contributed by atoms with Crippen molar-refractivity contribution in [3.05, 3.63) is 29.8 Å². The summed E-state index contributed by atoms with van der Waals surface area (Å²) in [5, 5.41) is 0. The normalized spacial score (nSPS) is 17.5. The Kier molecular flexibility index (Phi) is 14.5. The van der Waals surface area contributed by atoms with Gasteiger partial charge in [0.1, 0.15) is 5.75 Å². The van der Waals surface area contributed by atoms with Crippen LogP contribution in [0.15, 0.2) is 24.3 Å². The summed E-state index contributed by atoms with van der Waals surface area (Å²) in [6, 6.07) is 8.45. The number of hydrogen-bond acceptors (Lipinski definition) is 7. The number of ether oxygens (including phenoxy) is 1. The van der Waals surface area contributed by atoms with Crippen molar-refractivity contribution < 1.29 is 32.4 Å². The van der Waals surface area contributed by atoms with E-state index in [1.165, 1.54) is 44.1 Å². The van der Waals surface area contributed by atoms with Crippen LogP contribution in [0.3, 0.4) is 0 Å². The number of carbonyl (C=O) groups excluding carboxylic acids is 3. The van der Waals surface area contributed by atoms with E-state index in [0.717, 1.165) is 11.7 Å². The lowest BCUT2D eigenvalue weighted by Crippen LogP contribution is -2.50. The molecule has 0 N–H and O–H groups in total. The van der Waals surface area contributed by atoms with Crippen LogP contribution in [0.4, 0.5) is 0 Å². The van der Waals surface area contributed by atoms with Crippen molar-refractivity contribution in [2.75, 3.05) is 6.61 Å². The van der Waals surface area contributed by atoms with E-state index in [1.807, 2.05) is 32.9 Å². The van der Waals surface area contributed by atoms with Gasteiger partial charge in [-0.3, -0.25) is 14.4 Å². The summed E-state index contributed by atoms with van der Waals surface area (Å²) in [6.07, 6.45) is 10.4. The van der Waals surface area contributed by atoms with E-state index in [2.05, 4.69) is 19.1 Å². The van der Waals surface area contributed by atoms with Gasteiger partial charge in [-0.1, -0.05) is 52.7 Å². The maximum atomic E-state index is 12.4. The average molecular weight is 549 g/mol. The molecule has 7 nitrogen and oxygen atoms in total. The van der Waals surface area contributed by atoms with E-state index in [0.29, 0.717) is 38.2 Å². The molecular weight excluding hydrogens is 500 g/mol. The van der Waals surface area contributed by atoms with Crippen LogP contribution >= 0.6 is 0 Å². The Morgan fingerprint density at radius 1 is 0.737 bits per heavy atom. The highest BCUT2D eigenvalue weighted by molar-refractivity contribution is 6.65. The Hall–Kier alpha value is -2.35. The molecule has 0 unspecified atom stereocenters. The van der Waals surface area contributed by atoms with Crippen molar-refractivity contribution >= 4 is 26.7 Å². The predicted octanol–water partition coefficient (Wildman–Crippen LogP) is 7.50. The highest BCUT2D eigenvalue weighted by atomic mass is 28.4. The maximum absolute atomic E-state index is 12.4. The minimum Gasteiger partial charge on any atom is -0.494 e. The first-order chi connectivity index (χ1) is 18.3. The van der Waals surface area contributed by atoms with Gasteiger partial charge in [-0.2, -0.15) is 0 Å². The van der Waals surface area contributed by atoms with Gasteiger partial charge in [0.2, 0.25) is 0 Å². The van der Waals surface area contributed by atoms with Crippen molar-refractivity contribution in [2.45, 2.75) is 123 Å². The molecule has 1 fully saturated rings. The molecule has 1 aromatic rings. The number of rotatable bonds is 17. The summed E-state index contributed by atoms with van der Waals surface area (Å²) in [5.41, 5.74) is 1.37. The molecule has 0 spiro atoms. The van der Waals surface area contributed by atoms with E-state index in [1.54, 1.807) is 0 Å². The average Bonchev–Trinajstić information content (AvgIpc) is 2.88. The molecule has 8 heteroatoms. The van der Waals surface area contributed by atoms with Gasteiger partial charge in [-0.05, 0) is 80.9 Å². The zero-order valence-electron chi connectivity index (χ0n) is 23.9. The highest BCUT2D eigenvalue weighted by Crippen LogP contribution is 2.37. The minimum atomic E-state index is -3.91. The minimum absolute atomic E-state index is 0.131. The molecule has 214 valence electrons. The van der Waals surface area contributed by atoms with Gasteiger partial charge in [0, 0.05) is 19.3 Å². The van der Waals surface area contributed by atoms with Crippen LogP contribution in [0.5, 0.6) is 5.75 Å². The lowest BCUT2D eigenvalue weighted by Gasteiger charge is -2.28. The molecular formula is C30H48O7Si. The standard InChI is InChI=1S/C30H48O7Si/c1-5-10-24-14-16-25(17-15-24)26-18-20-27(21-19-26)34-22-9-23-38(35-28(31)11-6-2,36-29(32)12-7-3)37-30(33)13-8-4/h18-21,24-25H,5-17,22-23H2,1-4H3/t24-,25-. The summed E-state index contributed by atoms with van der Waals surface area (Å²) in [4.78, 5) is 37.2. The Morgan fingerprint density at radius 3 is 1.68 bits per heavy atom. The van der Waals surface area contributed by atoms with Crippen molar-refractivity contribution in [1.29, 1.82) is 0 Å². The number of benzene rings is 1. The largest absolute Gasteiger partial charge is 0.705 e. The Labute approximate surface area is 230 Å². The third-order valence-corrected chi connectivity index (χ3v) is 9.54. The zero-order chi connectivity index (χ0) is 27.8. The van der Waals surface area contributed by atoms with Crippen LogP contribution in [0.1, 0.15) is 123 Å². The van der Waals surface area contributed by atoms with Crippen LogP contribution in [0.25, 0.3) is 0 Å². The van der Waals surface area contributed by atoms with Crippen LogP contribution in [0.2, 0.25) is 6.04 Å². The molecule has 1 aliphatic rings. The molecule has 1 aromatic carbocycles. The first kappa shape index (κ1) is 31.9. The summed E-state index contributed by atoms with van der Waals surface area (Å²) < 4.78 is 22.8. The summed E-state index contributed by atoms with van der Waals surface area (Å²) >= 11 is 0. The zero-order valence-corrected chi connectivity index (χ0v) is 24.9. The molecule has 0 heterocycles. The Balaban J connectivity index is 1.98. The molecule has 0 aromatic heterocycles. The lowest BCUT2D eigenvalue weighted by atomic mass is 9.77. The number of carbonyl (C=O) groups is 3. The highest BCUT2D eigenvalue weighted by Gasteiger charge is 2.52. The lowest BCUT2D eigenvalue weighted by molar-refractivity contribution is -0.150. The van der Waals surface area contributed by atoms with Gasteiger partial charge >= 0.3 is 8.80 Å². The van der Waals surface area contributed by atoms with E-state index in [4.69, 9.17) is 18.0 Å². The monoisotopic (exact) mass is 548 g/mol. The molecule has 0 radical (unpaired) electrons. The second kappa shape index (κ2) is 17.3. The van der Waals surface area contributed by atoms with Crippen LogP contribution < -0.4 is 4.74 Å². The fourth-order valence-electron chi connectivity index (χ4n) is 5.01. The molecule has 0 atom stereocenters.